The zero-order chi connectivity index (χ0) is 13.8. The van der Waals surface area contributed by atoms with Crippen molar-refractivity contribution in [3.63, 3.8) is 0 Å². The average molecular weight is 277 g/mol. The van der Waals surface area contributed by atoms with Gasteiger partial charge in [-0.05, 0) is 12.2 Å². The Morgan fingerprint density at radius 1 is 1.06 bits per heavy atom. The van der Waals surface area contributed by atoms with Crippen LogP contribution in [0.25, 0.3) is 0 Å². The van der Waals surface area contributed by atoms with Crippen LogP contribution in [0.15, 0.2) is 0 Å². The summed E-state index contributed by atoms with van der Waals surface area (Å²) in [5.74, 6) is 0.427. The molecule has 0 fully saturated rings. The molecule has 0 rings (SSSR count). The number of urea groups is 1. The van der Waals surface area contributed by atoms with Crippen LogP contribution >= 0.6 is 11.8 Å². The van der Waals surface area contributed by atoms with E-state index in [1.807, 2.05) is 0 Å². The maximum atomic E-state index is 11.1. The number of hydrogen-bond donors (Lipinski definition) is 4. The van der Waals surface area contributed by atoms with Crippen molar-refractivity contribution < 1.29 is 19.5 Å². The number of amides is 3. The average Bonchev–Trinajstić information content (AvgIpc) is 2.29. The molecule has 0 saturated carbocycles. The van der Waals surface area contributed by atoms with Crippen molar-refractivity contribution in [3.8, 4) is 0 Å². The van der Waals surface area contributed by atoms with Gasteiger partial charge in [0, 0.05) is 25.3 Å². The number of thioether (sulfide) groups is 1. The number of rotatable bonds is 10. The largest absolute Gasteiger partial charge is 0.481 e. The summed E-state index contributed by atoms with van der Waals surface area (Å²) in [6, 6.07) is -0.527. The molecule has 8 heteroatoms. The van der Waals surface area contributed by atoms with Crippen LogP contribution in [0.2, 0.25) is 0 Å². The van der Waals surface area contributed by atoms with Crippen molar-refractivity contribution in [1.29, 1.82) is 0 Å². The highest BCUT2D eigenvalue weighted by Crippen LogP contribution is 2.00. The minimum absolute atomic E-state index is 0.0189. The van der Waals surface area contributed by atoms with Gasteiger partial charge in [-0.2, -0.15) is 11.8 Å². The fraction of sp³-hybridized carbons (Fsp3) is 0.700. The van der Waals surface area contributed by atoms with E-state index >= 15 is 0 Å². The number of hydrogen-bond acceptors (Lipinski definition) is 4. The minimum atomic E-state index is -0.970. The molecule has 0 unspecified atom stereocenters. The number of carbonyl (C=O) groups excluding carboxylic acids is 2. The predicted molar refractivity (Wildman–Crippen MR) is 69.4 cm³/mol. The molecule has 5 N–H and O–H groups in total. The molecule has 0 aromatic carbocycles. The van der Waals surface area contributed by atoms with E-state index < -0.39 is 12.0 Å². The van der Waals surface area contributed by atoms with Crippen LogP contribution in [-0.4, -0.2) is 47.6 Å². The van der Waals surface area contributed by atoms with Crippen molar-refractivity contribution in [2.45, 2.75) is 19.3 Å². The SMILES string of the molecule is NC(=O)NCCSCCCNC(=O)CCC(=O)O. The molecule has 0 bridgehead atoms. The Morgan fingerprint density at radius 2 is 1.78 bits per heavy atom. The first-order chi connectivity index (χ1) is 8.52. The van der Waals surface area contributed by atoms with Crippen LogP contribution in [0.5, 0.6) is 0 Å². The van der Waals surface area contributed by atoms with E-state index in [1.54, 1.807) is 11.8 Å². The third-order valence-electron chi connectivity index (χ3n) is 1.90. The number of nitrogens with two attached hydrogens (primary N) is 1. The molecule has 104 valence electrons. The van der Waals surface area contributed by atoms with E-state index in [1.165, 1.54) is 0 Å². The van der Waals surface area contributed by atoms with Crippen molar-refractivity contribution in [2.24, 2.45) is 5.73 Å². The molecular weight excluding hydrogens is 258 g/mol. The highest BCUT2D eigenvalue weighted by molar-refractivity contribution is 7.99. The summed E-state index contributed by atoms with van der Waals surface area (Å²) in [5.41, 5.74) is 4.89. The number of aliphatic carboxylic acids is 1. The zero-order valence-electron chi connectivity index (χ0n) is 10.1. The molecule has 7 nitrogen and oxygen atoms in total. The van der Waals surface area contributed by atoms with Gasteiger partial charge in [0.05, 0.1) is 6.42 Å². The predicted octanol–water partition coefficient (Wildman–Crippen LogP) is -0.241. The third-order valence-corrected chi connectivity index (χ3v) is 2.97. The summed E-state index contributed by atoms with van der Waals surface area (Å²) in [5, 5.41) is 13.5. The van der Waals surface area contributed by atoms with Gasteiger partial charge in [0.25, 0.3) is 0 Å². The Morgan fingerprint density at radius 3 is 2.39 bits per heavy atom. The monoisotopic (exact) mass is 277 g/mol. The third kappa shape index (κ3) is 12.6. The molecule has 0 radical (unpaired) electrons. The van der Waals surface area contributed by atoms with E-state index in [4.69, 9.17) is 10.8 Å². The molecule has 0 aliphatic heterocycles. The van der Waals surface area contributed by atoms with Crippen LogP contribution in [0.4, 0.5) is 4.79 Å². The molecule has 0 aromatic rings. The first-order valence-corrected chi connectivity index (χ1v) is 6.77. The summed E-state index contributed by atoms with van der Waals surface area (Å²) in [7, 11) is 0. The molecule has 0 aliphatic rings. The quantitative estimate of drug-likeness (QED) is 0.411. The molecule has 18 heavy (non-hydrogen) atoms. The fourth-order valence-electron chi connectivity index (χ4n) is 1.06. The second-order valence-electron chi connectivity index (χ2n) is 3.50. The molecular formula is C10H19N3O4S. The fourth-order valence-corrected chi connectivity index (χ4v) is 1.86. The highest BCUT2D eigenvalue weighted by atomic mass is 32.2. The second-order valence-corrected chi connectivity index (χ2v) is 4.73. The Balaban J connectivity index is 3.22. The van der Waals surface area contributed by atoms with Crippen LogP contribution in [0.3, 0.4) is 0 Å². The van der Waals surface area contributed by atoms with Crippen molar-refractivity contribution in [1.82, 2.24) is 10.6 Å². The van der Waals surface area contributed by atoms with E-state index in [2.05, 4.69) is 10.6 Å². The Labute approximate surface area is 110 Å². The summed E-state index contributed by atoms with van der Waals surface area (Å²) >= 11 is 1.65. The first-order valence-electron chi connectivity index (χ1n) is 5.62. The Hall–Kier alpha value is -1.44. The van der Waals surface area contributed by atoms with E-state index in [-0.39, 0.29) is 18.7 Å². The number of primary amides is 1. The van der Waals surface area contributed by atoms with Gasteiger partial charge < -0.3 is 21.5 Å². The second kappa shape index (κ2) is 10.7. The number of nitrogens with one attached hydrogen (secondary N) is 2. The molecule has 0 atom stereocenters. The number of carboxylic acids is 1. The van der Waals surface area contributed by atoms with Crippen LogP contribution in [-0.2, 0) is 9.59 Å². The van der Waals surface area contributed by atoms with E-state index in [0.29, 0.717) is 13.1 Å². The zero-order valence-corrected chi connectivity index (χ0v) is 10.9. The van der Waals surface area contributed by atoms with Gasteiger partial charge in [-0.15, -0.1) is 0 Å². The first kappa shape index (κ1) is 16.6. The van der Waals surface area contributed by atoms with Gasteiger partial charge in [-0.1, -0.05) is 0 Å². The van der Waals surface area contributed by atoms with Gasteiger partial charge in [-0.25, -0.2) is 4.79 Å². The minimum Gasteiger partial charge on any atom is -0.481 e. The summed E-state index contributed by atoms with van der Waals surface area (Å²) in [4.78, 5) is 31.7. The van der Waals surface area contributed by atoms with Crippen molar-refractivity contribution in [2.75, 3.05) is 24.6 Å². The van der Waals surface area contributed by atoms with Gasteiger partial charge in [0.2, 0.25) is 5.91 Å². The Bertz CT molecular complexity index is 286. The molecule has 0 saturated heterocycles. The van der Waals surface area contributed by atoms with Crippen LogP contribution < -0.4 is 16.4 Å². The van der Waals surface area contributed by atoms with Crippen molar-refractivity contribution >= 4 is 29.7 Å². The molecule has 0 spiro atoms. The lowest BCUT2D eigenvalue weighted by Crippen LogP contribution is -2.31. The van der Waals surface area contributed by atoms with Crippen LogP contribution in [0, 0.1) is 0 Å². The lowest BCUT2D eigenvalue weighted by atomic mass is 10.3. The summed E-state index contributed by atoms with van der Waals surface area (Å²) < 4.78 is 0. The van der Waals surface area contributed by atoms with Gasteiger partial charge >= 0.3 is 12.0 Å². The van der Waals surface area contributed by atoms with Gasteiger partial charge in [-0.3, -0.25) is 9.59 Å². The molecule has 3 amide bonds. The maximum Gasteiger partial charge on any atom is 0.312 e. The summed E-state index contributed by atoms with van der Waals surface area (Å²) in [6.45, 7) is 1.07. The molecule has 0 aromatic heterocycles. The smallest absolute Gasteiger partial charge is 0.312 e. The standard InChI is InChI=1S/C10H19N3O4S/c11-10(17)13-5-7-18-6-1-4-12-8(14)2-3-9(15)16/h1-7H2,(H,12,14)(H,15,16)(H3,11,13,17). The number of carbonyl (C=O) groups is 3. The lowest BCUT2D eigenvalue weighted by molar-refractivity contribution is -0.138. The summed E-state index contributed by atoms with van der Waals surface area (Å²) in [6.07, 6.45) is 0.685. The lowest BCUT2D eigenvalue weighted by Gasteiger charge is -2.04. The Kier molecular flexibility index (Phi) is 9.84. The van der Waals surface area contributed by atoms with Gasteiger partial charge in [0.15, 0.2) is 0 Å². The van der Waals surface area contributed by atoms with Crippen LogP contribution in [0.1, 0.15) is 19.3 Å². The molecule has 0 heterocycles. The normalized spacial score (nSPS) is 9.78. The number of carboxylic acid groups (broad SMARTS) is 1. The highest BCUT2D eigenvalue weighted by Gasteiger charge is 2.03. The topological polar surface area (TPSA) is 122 Å². The molecule has 0 aliphatic carbocycles. The van der Waals surface area contributed by atoms with E-state index in [0.717, 1.165) is 17.9 Å². The van der Waals surface area contributed by atoms with Crippen molar-refractivity contribution in [3.05, 3.63) is 0 Å². The van der Waals surface area contributed by atoms with Gasteiger partial charge in [0.1, 0.15) is 0 Å². The van der Waals surface area contributed by atoms with E-state index in [9.17, 15) is 14.4 Å². The maximum absolute atomic E-state index is 11.1.